The largest absolute Gasteiger partial charge is 0.462 e. The first-order valence-electron chi connectivity index (χ1n) is 9.05. The number of rotatable bonds is 7. The lowest BCUT2D eigenvalue weighted by molar-refractivity contribution is 0.214. The second-order valence-corrected chi connectivity index (χ2v) is 6.82. The first-order valence-corrected chi connectivity index (χ1v) is 9.05. The summed E-state index contributed by atoms with van der Waals surface area (Å²) in [5.41, 5.74) is 0.186. The number of aryl methyl sites for hydroxylation is 1. The number of ether oxygens (including phenoxy) is 1. The number of fused-ring (bicyclic) bond motifs is 1. The molecule has 0 saturated heterocycles. The van der Waals surface area contributed by atoms with E-state index in [1.54, 1.807) is 16.7 Å². The quantitative estimate of drug-likeness (QED) is 0.656. The molecule has 0 atom stereocenters. The van der Waals surface area contributed by atoms with Crippen LogP contribution >= 0.6 is 0 Å². The van der Waals surface area contributed by atoms with Crippen molar-refractivity contribution in [2.24, 2.45) is 7.05 Å². The Morgan fingerprint density at radius 2 is 1.86 bits per heavy atom. The van der Waals surface area contributed by atoms with Gasteiger partial charge in [0.25, 0.3) is 11.6 Å². The summed E-state index contributed by atoms with van der Waals surface area (Å²) in [4.78, 5) is 30.0. The Kier molecular flexibility index (Phi) is 5.64. The number of benzene rings is 1. The zero-order chi connectivity index (χ0) is 20.4. The fraction of sp³-hybridized carbons (Fsp3) is 0.421. The fourth-order valence-electron chi connectivity index (χ4n) is 3.00. The van der Waals surface area contributed by atoms with Crippen molar-refractivity contribution in [3.05, 3.63) is 56.5 Å². The minimum Gasteiger partial charge on any atom is -0.462 e. The van der Waals surface area contributed by atoms with Gasteiger partial charge in [0.1, 0.15) is 5.82 Å². The van der Waals surface area contributed by atoms with E-state index in [1.165, 1.54) is 23.7 Å². The highest BCUT2D eigenvalue weighted by atomic mass is 19.1. The predicted molar refractivity (Wildman–Crippen MR) is 102 cm³/mol. The summed E-state index contributed by atoms with van der Waals surface area (Å²) >= 11 is 0. The van der Waals surface area contributed by atoms with Crippen molar-refractivity contribution >= 4 is 11.2 Å². The highest BCUT2D eigenvalue weighted by molar-refractivity contribution is 5.72. The Labute approximate surface area is 160 Å². The average Bonchev–Trinajstić information content (AvgIpc) is 2.99. The maximum Gasteiger partial charge on any atom is 0.332 e. The molecule has 0 aliphatic carbocycles. The number of aliphatic hydroxyl groups excluding tert-OH is 1. The summed E-state index contributed by atoms with van der Waals surface area (Å²) < 4.78 is 23.0. The molecule has 0 saturated carbocycles. The van der Waals surface area contributed by atoms with Crippen molar-refractivity contribution in [1.82, 2.24) is 18.7 Å². The normalized spacial score (nSPS) is 11.5. The third kappa shape index (κ3) is 3.70. The third-order valence-corrected chi connectivity index (χ3v) is 4.33. The molecule has 3 aromatic rings. The molecule has 0 radical (unpaired) electrons. The molecule has 0 aliphatic rings. The number of imidazole rings is 1. The van der Waals surface area contributed by atoms with E-state index in [-0.39, 0.29) is 55.2 Å². The monoisotopic (exact) mass is 390 g/mol. The lowest BCUT2D eigenvalue weighted by Crippen LogP contribution is -2.39. The molecule has 2 aromatic heterocycles. The molecule has 0 unspecified atom stereocenters. The molecule has 0 fully saturated rings. The van der Waals surface area contributed by atoms with Crippen LogP contribution in [-0.2, 0) is 20.1 Å². The summed E-state index contributed by atoms with van der Waals surface area (Å²) in [5.74, 6) is -0.355. The maximum atomic E-state index is 13.2. The van der Waals surface area contributed by atoms with Gasteiger partial charge in [0, 0.05) is 20.2 Å². The van der Waals surface area contributed by atoms with Crippen molar-refractivity contribution < 1.29 is 14.2 Å². The molecule has 8 nitrogen and oxygen atoms in total. The Bertz CT molecular complexity index is 1100. The molecule has 0 bridgehead atoms. The van der Waals surface area contributed by atoms with Crippen LogP contribution in [0.2, 0.25) is 0 Å². The van der Waals surface area contributed by atoms with Gasteiger partial charge in [0.2, 0.25) is 0 Å². The second-order valence-electron chi connectivity index (χ2n) is 6.82. The van der Waals surface area contributed by atoms with Crippen LogP contribution in [0.4, 0.5) is 4.39 Å². The predicted octanol–water partition coefficient (Wildman–Crippen LogP) is 1.25. The van der Waals surface area contributed by atoms with Crippen LogP contribution in [-0.4, -0.2) is 36.5 Å². The van der Waals surface area contributed by atoms with Crippen LogP contribution in [0.5, 0.6) is 6.01 Å². The van der Waals surface area contributed by atoms with Gasteiger partial charge in [0.15, 0.2) is 11.2 Å². The van der Waals surface area contributed by atoms with Crippen LogP contribution in [0.3, 0.4) is 0 Å². The molecule has 3 rings (SSSR count). The smallest absolute Gasteiger partial charge is 0.332 e. The van der Waals surface area contributed by atoms with Crippen LogP contribution < -0.4 is 16.0 Å². The Hall–Kier alpha value is -2.94. The van der Waals surface area contributed by atoms with Gasteiger partial charge in [-0.1, -0.05) is 12.1 Å². The van der Waals surface area contributed by atoms with Crippen LogP contribution in [0.1, 0.15) is 25.8 Å². The van der Waals surface area contributed by atoms with E-state index in [4.69, 9.17) is 9.84 Å². The van der Waals surface area contributed by atoms with E-state index in [0.29, 0.717) is 0 Å². The number of aromatic nitrogens is 4. The SMILES string of the molecule is CC(C)Oc1nc2c(c(=O)n(CCCO)c(=O)n2C)n1Cc1ccc(F)cc1. The van der Waals surface area contributed by atoms with Crippen molar-refractivity contribution in [1.29, 1.82) is 0 Å². The number of hydrogen-bond acceptors (Lipinski definition) is 5. The van der Waals surface area contributed by atoms with Crippen LogP contribution in [0.25, 0.3) is 11.2 Å². The standard InChI is InChI=1S/C19H23FN4O4/c1-12(2)28-18-21-16-15(24(18)11-13-5-7-14(20)8-6-13)17(26)23(9-4-10-25)19(27)22(16)3/h5-8,12,25H,4,9-11H2,1-3H3. The van der Waals surface area contributed by atoms with E-state index in [0.717, 1.165) is 10.1 Å². The lowest BCUT2D eigenvalue weighted by atomic mass is 10.2. The average molecular weight is 390 g/mol. The van der Waals surface area contributed by atoms with Gasteiger partial charge in [-0.3, -0.25) is 18.5 Å². The van der Waals surface area contributed by atoms with Gasteiger partial charge in [0.05, 0.1) is 12.6 Å². The third-order valence-electron chi connectivity index (χ3n) is 4.33. The second kappa shape index (κ2) is 7.97. The first-order chi connectivity index (χ1) is 13.3. The van der Waals surface area contributed by atoms with Gasteiger partial charge >= 0.3 is 5.69 Å². The highest BCUT2D eigenvalue weighted by Crippen LogP contribution is 2.21. The Morgan fingerprint density at radius 1 is 1.18 bits per heavy atom. The Balaban J connectivity index is 2.25. The lowest BCUT2D eigenvalue weighted by Gasteiger charge is -2.13. The van der Waals surface area contributed by atoms with Gasteiger partial charge < -0.3 is 9.84 Å². The highest BCUT2D eigenvalue weighted by Gasteiger charge is 2.22. The number of nitrogens with zero attached hydrogens (tertiary/aromatic N) is 4. The van der Waals surface area contributed by atoms with Crippen LogP contribution in [0.15, 0.2) is 33.9 Å². The summed E-state index contributed by atoms with van der Waals surface area (Å²) in [5, 5.41) is 9.07. The summed E-state index contributed by atoms with van der Waals surface area (Å²) in [7, 11) is 1.54. The summed E-state index contributed by atoms with van der Waals surface area (Å²) in [6.45, 7) is 3.86. The molecular formula is C19H23FN4O4. The fourth-order valence-corrected chi connectivity index (χ4v) is 3.00. The zero-order valence-corrected chi connectivity index (χ0v) is 16.1. The summed E-state index contributed by atoms with van der Waals surface area (Å²) in [6.07, 6.45) is 0.0830. The van der Waals surface area contributed by atoms with Crippen molar-refractivity contribution in [3.63, 3.8) is 0 Å². The Morgan fingerprint density at radius 3 is 2.46 bits per heavy atom. The van der Waals surface area contributed by atoms with Gasteiger partial charge in [-0.2, -0.15) is 4.98 Å². The number of halogens is 1. The molecule has 150 valence electrons. The van der Waals surface area contributed by atoms with Gasteiger partial charge in [-0.25, -0.2) is 9.18 Å². The van der Waals surface area contributed by atoms with E-state index in [1.807, 2.05) is 13.8 Å². The van der Waals surface area contributed by atoms with Gasteiger partial charge in [-0.15, -0.1) is 0 Å². The van der Waals surface area contributed by atoms with Crippen molar-refractivity contribution in [3.8, 4) is 6.01 Å². The minimum absolute atomic E-state index is 0.0973. The van der Waals surface area contributed by atoms with Crippen molar-refractivity contribution in [2.45, 2.75) is 39.5 Å². The first kappa shape index (κ1) is 19.8. The molecule has 1 aromatic carbocycles. The van der Waals surface area contributed by atoms with E-state index in [2.05, 4.69) is 4.98 Å². The molecular weight excluding hydrogens is 367 g/mol. The van der Waals surface area contributed by atoms with E-state index >= 15 is 0 Å². The van der Waals surface area contributed by atoms with Crippen molar-refractivity contribution in [2.75, 3.05) is 6.61 Å². The van der Waals surface area contributed by atoms with Crippen LogP contribution in [0, 0.1) is 5.82 Å². The topological polar surface area (TPSA) is 91.3 Å². The molecule has 0 aliphatic heterocycles. The molecule has 0 amide bonds. The zero-order valence-electron chi connectivity index (χ0n) is 16.1. The van der Waals surface area contributed by atoms with E-state index < -0.39 is 11.2 Å². The molecule has 28 heavy (non-hydrogen) atoms. The molecule has 1 N–H and O–H groups in total. The van der Waals surface area contributed by atoms with Gasteiger partial charge in [-0.05, 0) is 38.0 Å². The maximum absolute atomic E-state index is 13.2. The number of aliphatic hydroxyl groups is 1. The van der Waals surface area contributed by atoms with E-state index in [9.17, 15) is 14.0 Å². The molecule has 0 spiro atoms. The summed E-state index contributed by atoms with van der Waals surface area (Å²) in [6, 6.07) is 6.12. The molecule has 2 heterocycles. The number of hydrogen-bond donors (Lipinski definition) is 1. The molecule has 9 heteroatoms. The minimum atomic E-state index is -0.506.